The number of carbonyl (C=O) groups excluding carboxylic acids is 1. The van der Waals surface area contributed by atoms with E-state index in [1.807, 2.05) is 50.2 Å². The fourth-order valence-electron chi connectivity index (χ4n) is 2.37. The molecular formula is C18H17N3O2. The van der Waals surface area contributed by atoms with E-state index in [-0.39, 0.29) is 11.7 Å². The van der Waals surface area contributed by atoms with E-state index in [2.05, 4.69) is 10.5 Å². The summed E-state index contributed by atoms with van der Waals surface area (Å²) in [5.74, 6) is -0.0893. The van der Waals surface area contributed by atoms with Crippen LogP contribution in [0.1, 0.15) is 28.6 Å². The Labute approximate surface area is 133 Å². The highest BCUT2D eigenvalue weighted by atomic mass is 16.3. The lowest BCUT2D eigenvalue weighted by molar-refractivity contribution is 0.0928. The molecule has 0 aliphatic carbocycles. The summed E-state index contributed by atoms with van der Waals surface area (Å²) in [4.78, 5) is 12.3. The van der Waals surface area contributed by atoms with Crippen LogP contribution in [0.2, 0.25) is 0 Å². The molecule has 0 aliphatic heterocycles. The number of amides is 1. The van der Waals surface area contributed by atoms with Gasteiger partial charge >= 0.3 is 5.91 Å². The molecule has 3 aromatic rings. The molecule has 0 atom stereocenters. The number of carbonyl (C=O) groups is 1. The van der Waals surface area contributed by atoms with E-state index in [0.717, 1.165) is 16.5 Å². The molecule has 1 aromatic heterocycles. The van der Waals surface area contributed by atoms with Crippen molar-refractivity contribution in [2.45, 2.75) is 13.8 Å². The van der Waals surface area contributed by atoms with Crippen molar-refractivity contribution >= 4 is 28.3 Å². The Morgan fingerprint density at radius 3 is 2.52 bits per heavy atom. The topological polar surface area (TPSA) is 80.6 Å². The summed E-state index contributed by atoms with van der Waals surface area (Å²) >= 11 is 0. The summed E-state index contributed by atoms with van der Waals surface area (Å²) in [6, 6.07) is 14.8. The summed E-state index contributed by atoms with van der Waals surface area (Å²) in [6.45, 7) is 3.68. The molecule has 0 fully saturated rings. The molecule has 23 heavy (non-hydrogen) atoms. The Hall–Kier alpha value is -3.08. The lowest BCUT2D eigenvalue weighted by atomic mass is 10.1. The molecule has 0 spiro atoms. The molecule has 2 aromatic carbocycles. The average molecular weight is 307 g/mol. The van der Waals surface area contributed by atoms with Crippen molar-refractivity contribution in [3.8, 4) is 0 Å². The van der Waals surface area contributed by atoms with Gasteiger partial charge in [0, 0.05) is 16.6 Å². The molecule has 3 rings (SSSR count). The third-order valence-electron chi connectivity index (χ3n) is 3.70. The Kier molecular flexibility index (Phi) is 3.85. The Bertz CT molecular complexity index is 892. The van der Waals surface area contributed by atoms with Crippen molar-refractivity contribution in [3.05, 3.63) is 65.4 Å². The maximum atomic E-state index is 12.3. The first-order valence-electron chi connectivity index (χ1n) is 7.25. The zero-order valence-electron chi connectivity index (χ0n) is 13.0. The van der Waals surface area contributed by atoms with Crippen LogP contribution < -0.4 is 11.2 Å². The highest BCUT2D eigenvalue weighted by Gasteiger charge is 2.16. The van der Waals surface area contributed by atoms with Gasteiger partial charge in [0.1, 0.15) is 5.58 Å². The summed E-state index contributed by atoms with van der Waals surface area (Å²) in [6.07, 6.45) is 0. The predicted molar refractivity (Wildman–Crippen MR) is 91.5 cm³/mol. The average Bonchev–Trinajstić information content (AvgIpc) is 2.90. The number of anilines is 1. The number of hydrogen-bond acceptors (Lipinski definition) is 4. The molecule has 0 saturated carbocycles. The van der Waals surface area contributed by atoms with E-state index >= 15 is 0 Å². The van der Waals surface area contributed by atoms with E-state index in [4.69, 9.17) is 10.2 Å². The zero-order valence-corrected chi connectivity index (χ0v) is 13.0. The largest absolute Gasteiger partial charge is 0.451 e. The van der Waals surface area contributed by atoms with Gasteiger partial charge in [0.05, 0.1) is 5.71 Å². The van der Waals surface area contributed by atoms with Gasteiger partial charge in [-0.05, 0) is 37.6 Å². The van der Waals surface area contributed by atoms with Crippen LogP contribution in [-0.4, -0.2) is 11.6 Å². The lowest BCUT2D eigenvalue weighted by Gasteiger charge is -2.02. The highest BCUT2D eigenvalue weighted by Crippen LogP contribution is 2.24. The van der Waals surface area contributed by atoms with Gasteiger partial charge in [0.25, 0.3) is 0 Å². The minimum absolute atomic E-state index is 0.278. The number of para-hydroxylation sites is 1. The number of hydrazone groups is 1. The number of furan rings is 1. The molecule has 0 unspecified atom stereocenters. The molecule has 5 heteroatoms. The number of nitrogens with zero attached hydrogens (tertiary/aromatic N) is 1. The number of nitrogen functional groups attached to an aromatic ring is 1. The van der Waals surface area contributed by atoms with Gasteiger partial charge in [-0.15, -0.1) is 0 Å². The number of aryl methyl sites for hydroxylation is 1. The van der Waals surface area contributed by atoms with Gasteiger partial charge < -0.3 is 10.2 Å². The molecule has 1 amide bonds. The number of fused-ring (bicyclic) bond motifs is 1. The van der Waals surface area contributed by atoms with Crippen molar-refractivity contribution in [3.63, 3.8) is 0 Å². The predicted octanol–water partition coefficient (Wildman–Crippen LogP) is 3.48. The molecule has 0 bridgehead atoms. The van der Waals surface area contributed by atoms with Gasteiger partial charge in [-0.1, -0.05) is 30.3 Å². The Morgan fingerprint density at radius 2 is 1.83 bits per heavy atom. The Morgan fingerprint density at radius 1 is 1.13 bits per heavy atom. The van der Waals surface area contributed by atoms with Crippen LogP contribution in [0.4, 0.5) is 5.69 Å². The molecule has 0 saturated heterocycles. The van der Waals surface area contributed by atoms with E-state index in [1.165, 1.54) is 0 Å². The fourth-order valence-corrected chi connectivity index (χ4v) is 2.37. The van der Waals surface area contributed by atoms with Crippen molar-refractivity contribution in [1.82, 2.24) is 5.43 Å². The van der Waals surface area contributed by atoms with Crippen LogP contribution in [0.3, 0.4) is 0 Å². The second-order valence-electron chi connectivity index (χ2n) is 5.31. The molecule has 3 N–H and O–H groups in total. The smallest absolute Gasteiger partial charge is 0.307 e. The van der Waals surface area contributed by atoms with Crippen LogP contribution in [0.25, 0.3) is 11.0 Å². The second kappa shape index (κ2) is 5.96. The van der Waals surface area contributed by atoms with Gasteiger partial charge in [-0.2, -0.15) is 5.10 Å². The summed E-state index contributed by atoms with van der Waals surface area (Å²) < 4.78 is 5.62. The number of rotatable bonds is 3. The fraction of sp³-hybridized carbons (Fsp3) is 0.111. The maximum Gasteiger partial charge on any atom is 0.307 e. The molecular weight excluding hydrogens is 290 g/mol. The molecule has 5 nitrogen and oxygen atoms in total. The minimum Gasteiger partial charge on any atom is -0.451 e. The monoisotopic (exact) mass is 307 g/mol. The van der Waals surface area contributed by atoms with Crippen LogP contribution in [0.5, 0.6) is 0 Å². The molecule has 116 valence electrons. The van der Waals surface area contributed by atoms with Crippen LogP contribution in [-0.2, 0) is 0 Å². The van der Waals surface area contributed by atoms with Gasteiger partial charge in [0.15, 0.2) is 5.76 Å². The first kappa shape index (κ1) is 14.8. The normalized spacial score (nSPS) is 11.7. The molecule has 0 radical (unpaired) electrons. The SMILES string of the molecule is C/C(=N/NC(=O)c1oc2ccccc2c1C)c1ccc(N)cc1. The van der Waals surface area contributed by atoms with Crippen molar-refractivity contribution in [2.24, 2.45) is 5.10 Å². The Balaban J connectivity index is 1.81. The first-order valence-corrected chi connectivity index (χ1v) is 7.25. The minimum atomic E-state index is -0.367. The van der Waals surface area contributed by atoms with E-state index in [9.17, 15) is 4.79 Å². The van der Waals surface area contributed by atoms with E-state index in [0.29, 0.717) is 17.0 Å². The quantitative estimate of drug-likeness (QED) is 0.441. The summed E-state index contributed by atoms with van der Waals surface area (Å²) in [7, 11) is 0. The summed E-state index contributed by atoms with van der Waals surface area (Å²) in [5, 5.41) is 5.06. The number of nitrogens with one attached hydrogen (secondary N) is 1. The first-order chi connectivity index (χ1) is 11.1. The maximum absolute atomic E-state index is 12.3. The van der Waals surface area contributed by atoms with Gasteiger partial charge in [-0.3, -0.25) is 4.79 Å². The third-order valence-corrected chi connectivity index (χ3v) is 3.70. The van der Waals surface area contributed by atoms with Crippen molar-refractivity contribution in [1.29, 1.82) is 0 Å². The third kappa shape index (κ3) is 2.94. The van der Waals surface area contributed by atoms with Gasteiger partial charge in [-0.25, -0.2) is 5.43 Å². The van der Waals surface area contributed by atoms with Crippen LogP contribution in [0, 0.1) is 6.92 Å². The molecule has 0 aliphatic rings. The van der Waals surface area contributed by atoms with E-state index in [1.54, 1.807) is 12.1 Å². The number of nitrogens with two attached hydrogens (primary N) is 1. The standard InChI is InChI=1S/C18H17N3O2/c1-11-15-5-3-4-6-16(15)23-17(11)18(22)21-20-12(2)13-7-9-14(19)10-8-13/h3-10H,19H2,1-2H3,(H,21,22)/b20-12-. The van der Waals surface area contributed by atoms with Crippen molar-refractivity contribution < 1.29 is 9.21 Å². The summed E-state index contributed by atoms with van der Waals surface area (Å²) in [5.41, 5.74) is 11.9. The highest BCUT2D eigenvalue weighted by molar-refractivity contribution is 6.02. The number of benzene rings is 2. The molecule has 1 heterocycles. The van der Waals surface area contributed by atoms with Crippen LogP contribution in [0.15, 0.2) is 58.0 Å². The van der Waals surface area contributed by atoms with E-state index < -0.39 is 0 Å². The second-order valence-corrected chi connectivity index (χ2v) is 5.31. The lowest BCUT2D eigenvalue weighted by Crippen LogP contribution is -2.19. The zero-order chi connectivity index (χ0) is 16.4. The van der Waals surface area contributed by atoms with Gasteiger partial charge in [0.2, 0.25) is 0 Å². The van der Waals surface area contributed by atoms with Crippen molar-refractivity contribution in [2.75, 3.05) is 5.73 Å². The number of hydrogen-bond donors (Lipinski definition) is 2. The van der Waals surface area contributed by atoms with Crippen LogP contribution >= 0.6 is 0 Å².